The Hall–Kier alpha value is -1.94. The number of ether oxygens (including phenoxy) is 4. The van der Waals surface area contributed by atoms with E-state index in [4.69, 9.17) is 37.0 Å². The maximum Gasteiger partial charge on any atom is 0.472 e. The normalized spacial score (nSPS) is 14.6. The van der Waals surface area contributed by atoms with Crippen LogP contribution < -0.4 is 0 Å². The van der Waals surface area contributed by atoms with Crippen molar-refractivity contribution in [3.63, 3.8) is 0 Å². The molecule has 0 saturated heterocycles. The number of esters is 4. The van der Waals surface area contributed by atoms with Gasteiger partial charge in [-0.1, -0.05) is 279 Å². The summed E-state index contributed by atoms with van der Waals surface area (Å²) in [6.45, 7) is 9.37. The number of carbonyl (C=O) groups excluding carboxylic acids is 4. The Morgan fingerprint density at radius 3 is 0.894 bits per heavy atom. The molecule has 0 heterocycles. The van der Waals surface area contributed by atoms with E-state index in [1.54, 1.807) is 0 Å². The first kappa shape index (κ1) is 83.1. The standard InChI is InChI=1S/C66H128O17P2/c1-7-10-12-14-16-17-18-19-20-21-22-23-24-25-26-30-38-44-50-65(70)82-61(55-77-64(69)49-43-37-31-27-29-34-40-46-58(4)5)56-80-84(72,73)78-52-60(67)53-79-85(74,75)81-57-62(54-76-63(68)48-42-36-28-15-13-11-8-2)83-66(71)51-45-39-33-32-35-41-47-59(6)9-3/h58-62,67H,7-57H2,1-6H3,(H,72,73)(H,74,75)/t59?,60-,61-,62-/m1/s1. The fourth-order valence-electron chi connectivity index (χ4n) is 9.85. The van der Waals surface area contributed by atoms with E-state index in [1.165, 1.54) is 128 Å². The number of unbranched alkanes of at least 4 members (excludes halogenated alkanes) is 34. The highest BCUT2D eigenvalue weighted by Gasteiger charge is 2.30. The number of aliphatic hydroxyl groups excluding tert-OH is 1. The predicted octanol–water partition coefficient (Wildman–Crippen LogP) is 18.4. The Labute approximate surface area is 517 Å². The van der Waals surface area contributed by atoms with Crippen molar-refractivity contribution < 1.29 is 80.2 Å². The summed E-state index contributed by atoms with van der Waals surface area (Å²) in [5, 5.41) is 10.5. The third-order valence-electron chi connectivity index (χ3n) is 15.6. The van der Waals surface area contributed by atoms with Gasteiger partial charge in [-0.15, -0.1) is 0 Å². The zero-order valence-corrected chi connectivity index (χ0v) is 56.7. The van der Waals surface area contributed by atoms with Crippen molar-refractivity contribution in [3.8, 4) is 0 Å². The molecule has 17 nitrogen and oxygen atoms in total. The van der Waals surface area contributed by atoms with Gasteiger partial charge < -0.3 is 33.8 Å². The number of phosphoric ester groups is 2. The van der Waals surface area contributed by atoms with E-state index < -0.39 is 97.5 Å². The van der Waals surface area contributed by atoms with Crippen molar-refractivity contribution >= 4 is 39.5 Å². The minimum absolute atomic E-state index is 0.102. The molecule has 0 aromatic rings. The molecular weight excluding hydrogens is 1130 g/mol. The van der Waals surface area contributed by atoms with Gasteiger partial charge in [0.2, 0.25) is 0 Å². The second kappa shape index (κ2) is 58.4. The SMILES string of the molecule is CCCCCCCCCCCCCCCCCCCCC(=O)O[C@H](COC(=O)CCCCCCCCCC(C)C)COP(=O)(O)OC[C@@H](O)COP(=O)(O)OC[C@@H](COC(=O)CCCCCCCCC)OC(=O)CCCCCCCCC(C)CC. The molecule has 0 aliphatic rings. The molecule has 0 bridgehead atoms. The molecule has 0 amide bonds. The van der Waals surface area contributed by atoms with Gasteiger partial charge in [0, 0.05) is 25.7 Å². The van der Waals surface area contributed by atoms with Gasteiger partial charge in [0.25, 0.3) is 0 Å². The average Bonchev–Trinajstić information content (AvgIpc) is 3.64. The lowest BCUT2D eigenvalue weighted by Gasteiger charge is -2.21. The van der Waals surface area contributed by atoms with E-state index >= 15 is 0 Å². The van der Waals surface area contributed by atoms with Crippen LogP contribution in [0, 0.1) is 11.8 Å². The fraction of sp³-hybridized carbons (Fsp3) is 0.939. The van der Waals surface area contributed by atoms with Gasteiger partial charge in [-0.25, -0.2) is 9.13 Å². The summed E-state index contributed by atoms with van der Waals surface area (Å²) in [5.41, 5.74) is 0. The highest BCUT2D eigenvalue weighted by atomic mass is 31.2. The van der Waals surface area contributed by atoms with Gasteiger partial charge in [0.05, 0.1) is 26.4 Å². The maximum atomic E-state index is 13.0. The van der Waals surface area contributed by atoms with Crippen molar-refractivity contribution in [1.29, 1.82) is 0 Å². The minimum Gasteiger partial charge on any atom is -0.462 e. The van der Waals surface area contributed by atoms with Crippen molar-refractivity contribution in [3.05, 3.63) is 0 Å². The zero-order valence-electron chi connectivity index (χ0n) is 54.9. The lowest BCUT2D eigenvalue weighted by Crippen LogP contribution is -2.30. The van der Waals surface area contributed by atoms with Gasteiger partial charge in [-0.05, 0) is 37.5 Å². The lowest BCUT2D eigenvalue weighted by molar-refractivity contribution is -0.161. The Bertz CT molecular complexity index is 1670. The van der Waals surface area contributed by atoms with Crippen LogP contribution >= 0.6 is 15.6 Å². The second-order valence-electron chi connectivity index (χ2n) is 24.6. The molecule has 0 fully saturated rings. The smallest absolute Gasteiger partial charge is 0.462 e. The van der Waals surface area contributed by atoms with E-state index in [-0.39, 0.29) is 25.7 Å². The van der Waals surface area contributed by atoms with E-state index in [1.807, 2.05) is 0 Å². The Morgan fingerprint density at radius 2 is 0.600 bits per heavy atom. The van der Waals surface area contributed by atoms with Crippen LogP contribution in [0.3, 0.4) is 0 Å². The van der Waals surface area contributed by atoms with Crippen molar-refractivity contribution in [2.45, 2.75) is 349 Å². The molecule has 0 spiro atoms. The van der Waals surface area contributed by atoms with Crippen LogP contribution in [-0.4, -0.2) is 96.7 Å². The summed E-state index contributed by atoms with van der Waals surface area (Å²) in [7, 11) is -9.89. The van der Waals surface area contributed by atoms with E-state index in [9.17, 15) is 43.2 Å². The first-order valence-corrected chi connectivity index (χ1v) is 37.5. The van der Waals surface area contributed by atoms with Crippen molar-refractivity contribution in [2.24, 2.45) is 11.8 Å². The molecule has 504 valence electrons. The van der Waals surface area contributed by atoms with Gasteiger partial charge >= 0.3 is 39.5 Å². The molecule has 85 heavy (non-hydrogen) atoms. The van der Waals surface area contributed by atoms with E-state index in [2.05, 4.69) is 41.5 Å². The highest BCUT2D eigenvalue weighted by molar-refractivity contribution is 7.47. The molecule has 19 heteroatoms. The van der Waals surface area contributed by atoms with Crippen LogP contribution in [0.4, 0.5) is 0 Å². The Balaban J connectivity index is 5.17. The third kappa shape index (κ3) is 59.5. The Morgan fingerprint density at radius 1 is 0.341 bits per heavy atom. The molecule has 0 aliphatic heterocycles. The third-order valence-corrected chi connectivity index (χ3v) is 17.5. The molecule has 6 atom stereocenters. The molecule has 0 radical (unpaired) electrons. The summed E-state index contributed by atoms with van der Waals surface area (Å²) < 4.78 is 68.0. The van der Waals surface area contributed by atoms with Gasteiger partial charge in [0.15, 0.2) is 12.2 Å². The summed E-state index contributed by atoms with van der Waals surface area (Å²) in [5.74, 6) is -0.713. The monoisotopic (exact) mass is 1250 g/mol. The molecule has 0 saturated carbocycles. The van der Waals surface area contributed by atoms with Crippen LogP contribution in [-0.2, 0) is 65.4 Å². The number of aliphatic hydroxyl groups is 1. The number of hydrogen-bond donors (Lipinski definition) is 3. The van der Waals surface area contributed by atoms with Gasteiger partial charge in [-0.3, -0.25) is 37.3 Å². The van der Waals surface area contributed by atoms with Crippen LogP contribution in [0.1, 0.15) is 330 Å². The number of hydrogen-bond acceptors (Lipinski definition) is 15. The highest BCUT2D eigenvalue weighted by Crippen LogP contribution is 2.45. The minimum atomic E-state index is -4.95. The lowest BCUT2D eigenvalue weighted by atomic mass is 10.00. The summed E-state index contributed by atoms with van der Waals surface area (Å²) in [4.78, 5) is 72.2. The van der Waals surface area contributed by atoms with Gasteiger partial charge in [-0.2, -0.15) is 0 Å². The largest absolute Gasteiger partial charge is 0.472 e. The molecule has 3 N–H and O–H groups in total. The zero-order chi connectivity index (χ0) is 62.9. The molecule has 0 aromatic heterocycles. The molecular formula is C66H128O17P2. The van der Waals surface area contributed by atoms with E-state index in [0.717, 1.165) is 115 Å². The number of phosphoric acid groups is 2. The predicted molar refractivity (Wildman–Crippen MR) is 340 cm³/mol. The average molecular weight is 1260 g/mol. The van der Waals surface area contributed by atoms with Crippen molar-refractivity contribution in [2.75, 3.05) is 39.6 Å². The molecule has 3 unspecified atom stereocenters. The first-order valence-electron chi connectivity index (χ1n) is 34.5. The number of rotatable bonds is 65. The second-order valence-corrected chi connectivity index (χ2v) is 27.5. The maximum absolute atomic E-state index is 13.0. The quantitative estimate of drug-likeness (QED) is 0.0222. The van der Waals surface area contributed by atoms with E-state index in [0.29, 0.717) is 31.6 Å². The Kier molecular flexibility index (Phi) is 57.1. The fourth-order valence-corrected chi connectivity index (χ4v) is 11.4. The van der Waals surface area contributed by atoms with Crippen LogP contribution in [0.5, 0.6) is 0 Å². The summed E-state index contributed by atoms with van der Waals surface area (Å²) in [6.07, 6.45) is 42.0. The molecule has 0 aromatic carbocycles. The molecule has 0 aliphatic carbocycles. The number of carbonyl (C=O) groups is 4. The van der Waals surface area contributed by atoms with Gasteiger partial charge in [0.1, 0.15) is 19.3 Å². The summed E-state index contributed by atoms with van der Waals surface area (Å²) in [6, 6.07) is 0. The van der Waals surface area contributed by atoms with Crippen LogP contribution in [0.25, 0.3) is 0 Å². The molecule has 0 rings (SSSR count). The summed E-state index contributed by atoms with van der Waals surface area (Å²) >= 11 is 0. The van der Waals surface area contributed by atoms with Crippen molar-refractivity contribution in [1.82, 2.24) is 0 Å². The topological polar surface area (TPSA) is 237 Å². The van der Waals surface area contributed by atoms with Crippen LogP contribution in [0.15, 0.2) is 0 Å². The first-order chi connectivity index (χ1) is 40.9. The van der Waals surface area contributed by atoms with Crippen LogP contribution in [0.2, 0.25) is 0 Å².